The topological polar surface area (TPSA) is 46.3 Å². The molecular weight excluding hydrogens is 250 g/mol. The van der Waals surface area contributed by atoms with Crippen LogP contribution >= 0.6 is 0 Å². The van der Waals surface area contributed by atoms with Gasteiger partial charge in [-0.15, -0.1) is 0 Å². The van der Waals surface area contributed by atoms with Crippen molar-refractivity contribution in [2.24, 2.45) is 5.92 Å². The zero-order chi connectivity index (χ0) is 14.0. The van der Waals surface area contributed by atoms with Crippen molar-refractivity contribution in [3.05, 3.63) is 29.3 Å². The van der Waals surface area contributed by atoms with Crippen LogP contribution in [0.4, 0.5) is 14.5 Å². The zero-order valence-electron chi connectivity index (χ0n) is 11.0. The van der Waals surface area contributed by atoms with Gasteiger partial charge in [0.2, 0.25) is 0 Å². The van der Waals surface area contributed by atoms with Crippen LogP contribution in [0.15, 0.2) is 12.1 Å². The molecule has 2 N–H and O–H groups in total. The van der Waals surface area contributed by atoms with Crippen molar-refractivity contribution in [2.45, 2.75) is 25.7 Å². The summed E-state index contributed by atoms with van der Waals surface area (Å²) in [4.78, 5) is 13.6. The number of hydrogen-bond acceptors (Lipinski definition) is 2. The third kappa shape index (κ3) is 3.03. The van der Waals surface area contributed by atoms with E-state index in [4.69, 9.17) is 5.73 Å². The van der Waals surface area contributed by atoms with Crippen molar-refractivity contribution in [3.8, 4) is 0 Å². The molecule has 3 nitrogen and oxygen atoms in total. The minimum absolute atomic E-state index is 0.167. The van der Waals surface area contributed by atoms with Crippen LogP contribution in [-0.4, -0.2) is 24.4 Å². The summed E-state index contributed by atoms with van der Waals surface area (Å²) < 4.78 is 26.7. The third-order valence-corrected chi connectivity index (χ3v) is 3.67. The number of carbonyl (C=O) groups is 1. The molecule has 0 aliphatic heterocycles. The van der Waals surface area contributed by atoms with Crippen LogP contribution in [0.5, 0.6) is 0 Å². The molecule has 104 valence electrons. The Morgan fingerprint density at radius 2 is 1.95 bits per heavy atom. The quantitative estimate of drug-likeness (QED) is 0.857. The molecule has 0 heterocycles. The highest BCUT2D eigenvalue weighted by molar-refractivity contribution is 5.95. The number of rotatable bonds is 3. The molecule has 1 saturated carbocycles. The predicted octanol–water partition coefficient (Wildman–Crippen LogP) is 2.81. The number of nitrogens with zero attached hydrogens (tertiary/aromatic N) is 1. The molecular formula is C14H18F2N2O. The molecule has 0 aromatic heterocycles. The van der Waals surface area contributed by atoms with E-state index in [1.165, 1.54) is 17.7 Å². The number of amides is 1. The summed E-state index contributed by atoms with van der Waals surface area (Å²) in [7, 11) is 1.64. The second-order valence-corrected chi connectivity index (χ2v) is 5.19. The second-order valence-electron chi connectivity index (χ2n) is 5.19. The molecule has 1 fully saturated rings. The largest absolute Gasteiger partial charge is 0.396 e. The first kappa shape index (κ1) is 13.8. The van der Waals surface area contributed by atoms with Gasteiger partial charge in [0.25, 0.3) is 5.91 Å². The van der Waals surface area contributed by atoms with Gasteiger partial charge in [-0.05, 0) is 24.8 Å². The molecule has 1 aliphatic rings. The summed E-state index contributed by atoms with van der Waals surface area (Å²) in [5.41, 5.74) is 5.00. The summed E-state index contributed by atoms with van der Waals surface area (Å²) in [6.45, 7) is 0.607. The molecule has 0 atom stereocenters. The fourth-order valence-electron chi connectivity index (χ4n) is 2.60. The van der Waals surface area contributed by atoms with Crippen LogP contribution in [0.3, 0.4) is 0 Å². The van der Waals surface area contributed by atoms with E-state index in [1.807, 2.05) is 0 Å². The van der Waals surface area contributed by atoms with Gasteiger partial charge in [0, 0.05) is 19.7 Å². The number of benzene rings is 1. The number of anilines is 1. The summed E-state index contributed by atoms with van der Waals surface area (Å²) in [6.07, 6.45) is 4.58. The Morgan fingerprint density at radius 1 is 1.32 bits per heavy atom. The maximum atomic E-state index is 13.6. The van der Waals surface area contributed by atoms with Crippen molar-refractivity contribution in [2.75, 3.05) is 19.3 Å². The number of nitrogens with two attached hydrogens (primary N) is 1. The third-order valence-electron chi connectivity index (χ3n) is 3.67. The minimum Gasteiger partial charge on any atom is -0.396 e. The van der Waals surface area contributed by atoms with Crippen LogP contribution in [0, 0.1) is 17.6 Å². The minimum atomic E-state index is -0.866. The lowest BCUT2D eigenvalue weighted by Gasteiger charge is -2.21. The smallest absolute Gasteiger partial charge is 0.256 e. The number of hydrogen-bond donors (Lipinski definition) is 1. The van der Waals surface area contributed by atoms with E-state index in [-0.39, 0.29) is 11.3 Å². The lowest BCUT2D eigenvalue weighted by molar-refractivity contribution is 0.0768. The lowest BCUT2D eigenvalue weighted by atomic mass is 10.1. The van der Waals surface area contributed by atoms with E-state index in [0.29, 0.717) is 18.5 Å². The fourth-order valence-corrected chi connectivity index (χ4v) is 2.60. The Labute approximate surface area is 111 Å². The summed E-state index contributed by atoms with van der Waals surface area (Å²) in [6, 6.07) is 1.73. The highest BCUT2D eigenvalue weighted by Gasteiger charge is 2.22. The molecule has 1 aliphatic carbocycles. The molecule has 2 rings (SSSR count). The van der Waals surface area contributed by atoms with E-state index in [1.54, 1.807) is 7.05 Å². The van der Waals surface area contributed by atoms with Gasteiger partial charge >= 0.3 is 0 Å². The normalized spacial score (nSPS) is 15.7. The molecule has 1 aromatic rings. The van der Waals surface area contributed by atoms with Gasteiger partial charge in [-0.3, -0.25) is 4.79 Å². The van der Waals surface area contributed by atoms with E-state index >= 15 is 0 Å². The Hall–Kier alpha value is -1.65. The molecule has 0 saturated heterocycles. The molecule has 0 spiro atoms. The van der Waals surface area contributed by atoms with E-state index < -0.39 is 17.5 Å². The standard InChI is InChI=1S/C14H18F2N2O/c1-18(8-9-4-2-3-5-9)14(19)10-6-13(17)12(16)7-11(10)15/h6-7,9H,2-5,8,17H2,1H3. The van der Waals surface area contributed by atoms with Gasteiger partial charge in [0.1, 0.15) is 11.6 Å². The maximum Gasteiger partial charge on any atom is 0.256 e. The van der Waals surface area contributed by atoms with Crippen molar-refractivity contribution in [1.82, 2.24) is 4.90 Å². The first-order valence-electron chi connectivity index (χ1n) is 6.49. The summed E-state index contributed by atoms with van der Waals surface area (Å²) >= 11 is 0. The first-order valence-corrected chi connectivity index (χ1v) is 6.49. The SMILES string of the molecule is CN(CC1CCCC1)C(=O)c1cc(N)c(F)cc1F. The Kier molecular flexibility index (Phi) is 4.02. The summed E-state index contributed by atoms with van der Waals surface area (Å²) in [5, 5.41) is 0. The highest BCUT2D eigenvalue weighted by atomic mass is 19.1. The number of carbonyl (C=O) groups excluding carboxylic acids is 1. The van der Waals surface area contributed by atoms with E-state index in [0.717, 1.165) is 18.9 Å². The average molecular weight is 268 g/mol. The maximum absolute atomic E-state index is 13.6. The highest BCUT2D eigenvalue weighted by Crippen LogP contribution is 2.26. The first-order chi connectivity index (χ1) is 8.99. The van der Waals surface area contributed by atoms with Crippen LogP contribution in [0.2, 0.25) is 0 Å². The van der Waals surface area contributed by atoms with Gasteiger partial charge in [-0.2, -0.15) is 0 Å². The second kappa shape index (κ2) is 5.55. The van der Waals surface area contributed by atoms with Crippen LogP contribution < -0.4 is 5.73 Å². The molecule has 0 unspecified atom stereocenters. The van der Waals surface area contributed by atoms with Crippen LogP contribution in [0.1, 0.15) is 36.0 Å². The zero-order valence-corrected chi connectivity index (χ0v) is 11.0. The van der Waals surface area contributed by atoms with Crippen molar-refractivity contribution in [3.63, 3.8) is 0 Å². The van der Waals surface area contributed by atoms with Crippen molar-refractivity contribution < 1.29 is 13.6 Å². The molecule has 1 amide bonds. The monoisotopic (exact) mass is 268 g/mol. The van der Waals surface area contributed by atoms with E-state index in [2.05, 4.69) is 0 Å². The average Bonchev–Trinajstić information content (AvgIpc) is 2.85. The van der Waals surface area contributed by atoms with Crippen LogP contribution in [0.25, 0.3) is 0 Å². The Morgan fingerprint density at radius 3 is 2.58 bits per heavy atom. The van der Waals surface area contributed by atoms with Gasteiger partial charge in [-0.25, -0.2) is 8.78 Å². The predicted molar refractivity (Wildman–Crippen MR) is 69.7 cm³/mol. The van der Waals surface area contributed by atoms with Crippen molar-refractivity contribution in [1.29, 1.82) is 0 Å². The summed E-state index contributed by atoms with van der Waals surface area (Å²) in [5.74, 6) is -1.67. The van der Waals surface area contributed by atoms with E-state index in [9.17, 15) is 13.6 Å². The molecule has 0 bridgehead atoms. The van der Waals surface area contributed by atoms with Gasteiger partial charge < -0.3 is 10.6 Å². The Bertz CT molecular complexity index is 485. The molecule has 5 heteroatoms. The van der Waals surface area contributed by atoms with Crippen LogP contribution in [-0.2, 0) is 0 Å². The molecule has 0 radical (unpaired) electrons. The molecule has 19 heavy (non-hydrogen) atoms. The van der Waals surface area contributed by atoms with Crippen molar-refractivity contribution >= 4 is 11.6 Å². The van der Waals surface area contributed by atoms with Gasteiger partial charge in [-0.1, -0.05) is 12.8 Å². The fraction of sp³-hybridized carbons (Fsp3) is 0.500. The van der Waals surface area contributed by atoms with Gasteiger partial charge in [0.15, 0.2) is 0 Å². The number of halogens is 2. The molecule has 1 aromatic carbocycles. The number of nitrogen functional groups attached to an aromatic ring is 1. The lowest BCUT2D eigenvalue weighted by Crippen LogP contribution is -2.31. The Balaban J connectivity index is 2.12. The van der Waals surface area contributed by atoms with Gasteiger partial charge in [0.05, 0.1) is 11.3 Å².